The molecule has 0 radical (unpaired) electrons. The van der Waals surface area contributed by atoms with Crippen molar-refractivity contribution in [3.05, 3.63) is 35.9 Å². The average molecular weight is 405 g/mol. The third-order valence-electron chi connectivity index (χ3n) is 3.09. The number of ether oxygens (including phenoxy) is 1. The molecule has 1 rings (SSSR count). The predicted molar refractivity (Wildman–Crippen MR) is 86.1 cm³/mol. The summed E-state index contributed by atoms with van der Waals surface area (Å²) in [5.41, 5.74) is 6.10. The molecule has 9 heteroatoms. The van der Waals surface area contributed by atoms with Gasteiger partial charge in [-0.1, -0.05) is 0 Å². The zero-order chi connectivity index (χ0) is 18.0. The summed E-state index contributed by atoms with van der Waals surface area (Å²) in [7, 11) is 0. The summed E-state index contributed by atoms with van der Waals surface area (Å²) in [6, 6.07) is 7.87. The molecule has 0 heterocycles. The van der Waals surface area contributed by atoms with Crippen LogP contribution in [0.25, 0.3) is 0 Å². The minimum atomic E-state index is -4.34. The van der Waals surface area contributed by atoms with Crippen molar-refractivity contribution in [1.82, 2.24) is 5.32 Å². The maximum atomic E-state index is 11.7. The van der Waals surface area contributed by atoms with Gasteiger partial charge in [-0.15, -0.1) is 0 Å². The molecule has 0 aliphatic heterocycles. The van der Waals surface area contributed by atoms with Gasteiger partial charge in [0.2, 0.25) is 0 Å². The van der Waals surface area contributed by atoms with Crippen LogP contribution in [0.2, 0.25) is 10.6 Å². The number of carbonyl (C=O) groups excluding carboxylic acids is 1. The molecule has 1 aromatic rings. The second-order valence-electron chi connectivity index (χ2n) is 5.21. The van der Waals surface area contributed by atoms with Crippen LogP contribution in [0.1, 0.15) is 12.0 Å². The molecule has 0 fully saturated rings. The van der Waals surface area contributed by atoms with E-state index in [4.69, 9.17) is 15.6 Å². The third kappa shape index (κ3) is 8.73. The number of nitrogens with one attached hydrogen (secondary N) is 1. The molecular formula is C15H22N2O6Se. The van der Waals surface area contributed by atoms with Gasteiger partial charge in [-0.05, 0) is 0 Å². The third-order valence-corrected chi connectivity index (χ3v) is 6.64. The maximum absolute atomic E-state index is 11.7. The van der Waals surface area contributed by atoms with Gasteiger partial charge in [-0.3, -0.25) is 0 Å². The first-order valence-electron chi connectivity index (χ1n) is 7.39. The molecule has 0 saturated heterocycles. The van der Waals surface area contributed by atoms with E-state index in [2.05, 4.69) is 5.32 Å². The molecular weight excluding hydrogens is 383 g/mol. The number of carbonyl (C=O) groups is 2. The fourth-order valence-electron chi connectivity index (χ4n) is 1.78. The van der Waals surface area contributed by atoms with Crippen molar-refractivity contribution in [2.75, 3.05) is 13.1 Å². The normalized spacial score (nSPS) is 12.5. The Bertz CT molecular complexity index is 633. The van der Waals surface area contributed by atoms with Crippen LogP contribution in [-0.4, -0.2) is 48.9 Å². The van der Waals surface area contributed by atoms with Crippen molar-refractivity contribution in [1.29, 1.82) is 0 Å². The number of hydrogen-bond acceptors (Lipinski definition) is 7. The van der Waals surface area contributed by atoms with Crippen LogP contribution >= 0.6 is 0 Å². The van der Waals surface area contributed by atoms with E-state index in [1.807, 2.05) is 30.3 Å². The number of rotatable bonds is 11. The first-order chi connectivity index (χ1) is 11.3. The van der Waals surface area contributed by atoms with Crippen LogP contribution < -0.4 is 11.1 Å². The molecule has 134 valence electrons. The molecule has 0 spiro atoms. The number of hydrogen-bond donors (Lipinski definition) is 3. The summed E-state index contributed by atoms with van der Waals surface area (Å²) < 4.78 is 28.5. The monoisotopic (exact) mass is 406 g/mol. The zero-order valence-corrected chi connectivity index (χ0v) is 14.9. The second kappa shape index (κ2) is 10.1. The fraction of sp³-hybridized carbons (Fsp3) is 0.467. The number of benzene rings is 1. The van der Waals surface area contributed by atoms with Gasteiger partial charge in [0, 0.05) is 0 Å². The molecule has 1 aromatic carbocycles. The molecule has 4 N–H and O–H groups in total. The zero-order valence-electron chi connectivity index (χ0n) is 13.2. The van der Waals surface area contributed by atoms with Crippen LogP contribution in [0.15, 0.2) is 30.3 Å². The van der Waals surface area contributed by atoms with Gasteiger partial charge < -0.3 is 0 Å². The van der Waals surface area contributed by atoms with Crippen LogP contribution in [0, 0.1) is 0 Å². The Labute approximate surface area is 142 Å². The number of carboxylic acid groups (broad SMARTS) is 1. The van der Waals surface area contributed by atoms with E-state index < -0.39 is 30.0 Å². The summed E-state index contributed by atoms with van der Waals surface area (Å²) in [6.45, 7) is 0.627. The van der Waals surface area contributed by atoms with Crippen LogP contribution in [0.5, 0.6) is 0 Å². The molecule has 0 aliphatic carbocycles. The van der Waals surface area contributed by atoms with E-state index in [0.717, 1.165) is 5.56 Å². The minimum absolute atomic E-state index is 0.121. The Morgan fingerprint density at radius 2 is 1.88 bits per heavy atom. The molecule has 0 bridgehead atoms. The van der Waals surface area contributed by atoms with Gasteiger partial charge in [0.05, 0.1) is 0 Å². The Balaban J connectivity index is 2.15. The molecule has 0 amide bonds. The van der Waals surface area contributed by atoms with Gasteiger partial charge >= 0.3 is 141 Å². The van der Waals surface area contributed by atoms with E-state index >= 15 is 0 Å². The predicted octanol–water partition coefficient (Wildman–Crippen LogP) is 0.425. The van der Waals surface area contributed by atoms with E-state index in [-0.39, 0.29) is 37.4 Å². The second-order valence-corrected chi connectivity index (χ2v) is 9.88. The Hall–Kier alpha value is -1.80. The first-order valence-corrected chi connectivity index (χ1v) is 11.2. The molecule has 0 aliphatic rings. The van der Waals surface area contributed by atoms with Gasteiger partial charge in [0.25, 0.3) is 0 Å². The Morgan fingerprint density at radius 3 is 2.50 bits per heavy atom. The fourth-order valence-corrected chi connectivity index (χ4v) is 4.53. The van der Waals surface area contributed by atoms with Gasteiger partial charge in [0.15, 0.2) is 0 Å². The van der Waals surface area contributed by atoms with Gasteiger partial charge in [-0.25, -0.2) is 0 Å². The van der Waals surface area contributed by atoms with Crippen molar-refractivity contribution in [3.63, 3.8) is 0 Å². The first kappa shape index (κ1) is 20.2. The SMILES string of the molecule is NC(C[Se](=O)(=O)CCNCCC(=O)OCc1ccccc1)C(=O)O. The van der Waals surface area contributed by atoms with Crippen molar-refractivity contribution >= 4 is 24.6 Å². The summed E-state index contributed by atoms with van der Waals surface area (Å²) in [4.78, 5) is 22.1. The molecule has 1 atom stereocenters. The van der Waals surface area contributed by atoms with Crippen molar-refractivity contribution in [3.8, 4) is 0 Å². The number of nitrogens with two attached hydrogens (primary N) is 1. The van der Waals surface area contributed by atoms with Crippen molar-refractivity contribution in [2.24, 2.45) is 5.73 Å². The molecule has 8 nitrogen and oxygen atoms in total. The van der Waals surface area contributed by atoms with Crippen molar-refractivity contribution < 1.29 is 27.1 Å². The topological polar surface area (TPSA) is 136 Å². The van der Waals surface area contributed by atoms with E-state index in [1.165, 1.54) is 0 Å². The standard InChI is InChI=1S/C15H22N2O6Se/c16-13(15(19)20)11-24(21,22)9-8-17-7-6-14(18)23-10-12-4-2-1-3-5-12/h1-5,13,17H,6-11,16H2,(H,19,20). The number of aliphatic carboxylic acids is 1. The average Bonchev–Trinajstić information content (AvgIpc) is 2.53. The Morgan fingerprint density at radius 1 is 1.21 bits per heavy atom. The van der Waals surface area contributed by atoms with E-state index in [9.17, 15) is 17.3 Å². The molecule has 1 unspecified atom stereocenters. The van der Waals surface area contributed by atoms with Crippen molar-refractivity contribution in [2.45, 2.75) is 29.7 Å². The number of carboxylic acids is 1. The summed E-state index contributed by atoms with van der Waals surface area (Å²) in [5.74, 6) is -1.72. The molecule has 0 aromatic heterocycles. The number of esters is 1. The van der Waals surface area contributed by atoms with Gasteiger partial charge in [0.1, 0.15) is 0 Å². The molecule has 24 heavy (non-hydrogen) atoms. The van der Waals surface area contributed by atoms with E-state index in [0.29, 0.717) is 0 Å². The van der Waals surface area contributed by atoms with Crippen LogP contribution in [0.3, 0.4) is 0 Å². The quantitative estimate of drug-likeness (QED) is 0.274. The van der Waals surface area contributed by atoms with Crippen LogP contribution in [0.4, 0.5) is 0 Å². The molecule has 0 saturated carbocycles. The Kier molecular flexibility index (Phi) is 8.56. The summed E-state index contributed by atoms with van der Waals surface area (Å²) in [6.07, 6.45) is 0.121. The summed E-state index contributed by atoms with van der Waals surface area (Å²) >= 11 is -4.34. The van der Waals surface area contributed by atoms with E-state index in [1.54, 1.807) is 0 Å². The van der Waals surface area contributed by atoms with Crippen LogP contribution in [-0.2, 0) is 28.6 Å². The summed E-state index contributed by atoms with van der Waals surface area (Å²) in [5, 5.41) is 10.7. The van der Waals surface area contributed by atoms with Gasteiger partial charge in [-0.2, -0.15) is 0 Å².